The molecule has 0 bridgehead atoms. The van der Waals surface area contributed by atoms with E-state index in [4.69, 9.17) is 15.2 Å². The maximum absolute atomic E-state index is 13.6. The molecule has 2 N–H and O–H groups in total. The number of ketones is 1. The van der Waals surface area contributed by atoms with Gasteiger partial charge in [-0.3, -0.25) is 4.79 Å². The number of rotatable bonds is 5. The van der Waals surface area contributed by atoms with Crippen molar-refractivity contribution in [1.29, 1.82) is 0 Å². The van der Waals surface area contributed by atoms with Crippen molar-refractivity contribution in [3.05, 3.63) is 23.5 Å². The van der Waals surface area contributed by atoms with E-state index < -0.39 is 11.6 Å². The molecule has 0 aliphatic carbocycles. The number of carbonyl (C=O) groups excluding carboxylic acids is 1. The minimum atomic E-state index is -0.659. The zero-order valence-electron chi connectivity index (χ0n) is 10.1. The largest absolute Gasteiger partial charge is 0.493 e. The SMILES string of the molecule is COc1cc(F)c(C(=O)CN)cc1OC(C)C. The van der Waals surface area contributed by atoms with Crippen LogP contribution in [-0.2, 0) is 0 Å². The summed E-state index contributed by atoms with van der Waals surface area (Å²) in [4.78, 5) is 11.4. The Morgan fingerprint density at radius 3 is 2.53 bits per heavy atom. The summed E-state index contributed by atoms with van der Waals surface area (Å²) >= 11 is 0. The number of benzene rings is 1. The molecule has 17 heavy (non-hydrogen) atoms. The number of ether oxygens (including phenoxy) is 2. The zero-order valence-corrected chi connectivity index (χ0v) is 10.1. The van der Waals surface area contributed by atoms with Crippen molar-refractivity contribution < 1.29 is 18.7 Å². The third-order valence-corrected chi connectivity index (χ3v) is 2.10. The monoisotopic (exact) mass is 241 g/mol. The van der Waals surface area contributed by atoms with Gasteiger partial charge in [0.05, 0.1) is 25.3 Å². The Morgan fingerprint density at radius 1 is 1.41 bits per heavy atom. The molecule has 0 aromatic heterocycles. The number of halogens is 1. The van der Waals surface area contributed by atoms with Crippen LogP contribution in [0.3, 0.4) is 0 Å². The molecule has 0 heterocycles. The van der Waals surface area contributed by atoms with Gasteiger partial charge in [-0.1, -0.05) is 0 Å². The minimum Gasteiger partial charge on any atom is -0.493 e. The van der Waals surface area contributed by atoms with Crippen LogP contribution in [-0.4, -0.2) is 25.5 Å². The van der Waals surface area contributed by atoms with Crippen LogP contribution < -0.4 is 15.2 Å². The summed E-state index contributed by atoms with van der Waals surface area (Å²) in [6.45, 7) is 3.41. The summed E-state index contributed by atoms with van der Waals surface area (Å²) in [6.07, 6.45) is -0.102. The molecule has 0 aliphatic rings. The first kappa shape index (κ1) is 13.4. The van der Waals surface area contributed by atoms with Crippen LogP contribution in [0, 0.1) is 5.82 Å². The summed E-state index contributed by atoms with van der Waals surface area (Å²) in [7, 11) is 1.41. The van der Waals surface area contributed by atoms with Gasteiger partial charge in [-0.15, -0.1) is 0 Å². The van der Waals surface area contributed by atoms with E-state index in [1.54, 1.807) is 0 Å². The number of hydrogen-bond acceptors (Lipinski definition) is 4. The van der Waals surface area contributed by atoms with Gasteiger partial charge in [0, 0.05) is 6.07 Å². The molecule has 0 aliphatic heterocycles. The van der Waals surface area contributed by atoms with Crippen LogP contribution in [0.4, 0.5) is 4.39 Å². The van der Waals surface area contributed by atoms with Crippen LogP contribution in [0.15, 0.2) is 12.1 Å². The molecule has 0 atom stereocenters. The molecule has 0 saturated carbocycles. The molecule has 0 fully saturated rings. The Bertz CT molecular complexity index is 418. The quantitative estimate of drug-likeness (QED) is 0.798. The van der Waals surface area contributed by atoms with Gasteiger partial charge in [-0.2, -0.15) is 0 Å². The van der Waals surface area contributed by atoms with Crippen molar-refractivity contribution in [2.24, 2.45) is 5.73 Å². The Kier molecular flexibility index (Phi) is 4.45. The molecule has 4 nitrogen and oxygen atoms in total. The maximum atomic E-state index is 13.6. The summed E-state index contributed by atoms with van der Waals surface area (Å²) in [5.74, 6) is -0.544. The topological polar surface area (TPSA) is 61.5 Å². The number of nitrogens with two attached hydrogens (primary N) is 1. The predicted molar refractivity (Wildman–Crippen MR) is 62.1 cm³/mol. The first-order valence-corrected chi connectivity index (χ1v) is 5.27. The van der Waals surface area contributed by atoms with Gasteiger partial charge in [-0.25, -0.2) is 4.39 Å². The molecule has 1 rings (SSSR count). The molecular formula is C12H16FNO3. The third kappa shape index (κ3) is 3.17. The molecule has 0 saturated heterocycles. The van der Waals surface area contributed by atoms with Gasteiger partial charge in [0.1, 0.15) is 5.82 Å². The van der Waals surface area contributed by atoms with E-state index in [-0.39, 0.29) is 24.0 Å². The smallest absolute Gasteiger partial charge is 0.179 e. The highest BCUT2D eigenvalue weighted by atomic mass is 19.1. The van der Waals surface area contributed by atoms with Gasteiger partial charge >= 0.3 is 0 Å². The van der Waals surface area contributed by atoms with Crippen molar-refractivity contribution in [3.63, 3.8) is 0 Å². The third-order valence-electron chi connectivity index (χ3n) is 2.10. The van der Waals surface area contributed by atoms with Crippen molar-refractivity contribution in [2.75, 3.05) is 13.7 Å². The summed E-state index contributed by atoms with van der Waals surface area (Å²) in [5, 5.41) is 0. The fraction of sp³-hybridized carbons (Fsp3) is 0.417. The van der Waals surface area contributed by atoms with Crippen molar-refractivity contribution >= 4 is 5.78 Å². The zero-order chi connectivity index (χ0) is 13.0. The molecule has 1 aromatic carbocycles. The van der Waals surface area contributed by atoms with Crippen LogP contribution in [0.1, 0.15) is 24.2 Å². The molecule has 0 amide bonds. The fourth-order valence-corrected chi connectivity index (χ4v) is 1.36. The maximum Gasteiger partial charge on any atom is 0.179 e. The standard InChI is InChI=1S/C12H16FNO3/c1-7(2)17-12-4-8(10(15)6-14)9(13)5-11(12)16-3/h4-5,7H,6,14H2,1-3H3. The average molecular weight is 241 g/mol. The van der Waals surface area contributed by atoms with Gasteiger partial charge in [-0.05, 0) is 19.9 Å². The highest BCUT2D eigenvalue weighted by Crippen LogP contribution is 2.31. The molecule has 94 valence electrons. The summed E-state index contributed by atoms with van der Waals surface area (Å²) < 4.78 is 24.0. The fourth-order valence-electron chi connectivity index (χ4n) is 1.36. The van der Waals surface area contributed by atoms with Gasteiger partial charge in [0.2, 0.25) is 0 Å². The molecule has 0 spiro atoms. The van der Waals surface area contributed by atoms with Crippen molar-refractivity contribution in [2.45, 2.75) is 20.0 Å². The highest BCUT2D eigenvalue weighted by molar-refractivity contribution is 5.98. The van der Waals surface area contributed by atoms with Crippen LogP contribution >= 0.6 is 0 Å². The van der Waals surface area contributed by atoms with Crippen molar-refractivity contribution in [1.82, 2.24) is 0 Å². The van der Waals surface area contributed by atoms with E-state index in [2.05, 4.69) is 0 Å². The lowest BCUT2D eigenvalue weighted by molar-refractivity contribution is 0.0996. The van der Waals surface area contributed by atoms with Gasteiger partial charge < -0.3 is 15.2 Å². The summed E-state index contributed by atoms with van der Waals surface area (Å²) in [5.41, 5.74) is 5.13. The second-order valence-electron chi connectivity index (χ2n) is 3.78. The van der Waals surface area contributed by atoms with E-state index >= 15 is 0 Å². The van der Waals surface area contributed by atoms with E-state index in [0.29, 0.717) is 5.75 Å². The number of carbonyl (C=O) groups is 1. The van der Waals surface area contributed by atoms with Crippen molar-refractivity contribution in [3.8, 4) is 11.5 Å². The van der Waals surface area contributed by atoms with Crippen LogP contribution in [0.2, 0.25) is 0 Å². The molecule has 5 heteroatoms. The lowest BCUT2D eigenvalue weighted by atomic mass is 10.1. The first-order chi connectivity index (χ1) is 7.99. The van der Waals surface area contributed by atoms with Crippen LogP contribution in [0.25, 0.3) is 0 Å². The van der Waals surface area contributed by atoms with E-state index in [0.717, 1.165) is 6.07 Å². The normalized spacial score (nSPS) is 10.5. The molecule has 1 aromatic rings. The summed E-state index contributed by atoms with van der Waals surface area (Å²) in [6, 6.07) is 2.45. The van der Waals surface area contributed by atoms with Gasteiger partial charge in [0.25, 0.3) is 0 Å². The van der Waals surface area contributed by atoms with E-state index in [1.165, 1.54) is 13.2 Å². The van der Waals surface area contributed by atoms with Gasteiger partial charge in [0.15, 0.2) is 17.3 Å². The minimum absolute atomic E-state index is 0.0797. The molecule has 0 unspecified atom stereocenters. The number of methoxy groups -OCH3 is 1. The second-order valence-corrected chi connectivity index (χ2v) is 3.78. The number of hydrogen-bond donors (Lipinski definition) is 1. The second kappa shape index (κ2) is 5.63. The highest BCUT2D eigenvalue weighted by Gasteiger charge is 2.16. The lowest BCUT2D eigenvalue weighted by Gasteiger charge is -2.14. The van der Waals surface area contributed by atoms with E-state index in [1.807, 2.05) is 13.8 Å². The Hall–Kier alpha value is -1.62. The Labute approximate surface area is 99.5 Å². The molecular weight excluding hydrogens is 225 g/mol. The first-order valence-electron chi connectivity index (χ1n) is 5.27. The average Bonchev–Trinajstić information content (AvgIpc) is 2.29. The lowest BCUT2D eigenvalue weighted by Crippen LogP contribution is -2.16. The molecule has 0 radical (unpaired) electrons. The number of Topliss-reactive ketones (excluding diaryl/α,β-unsaturated/α-hetero) is 1. The van der Waals surface area contributed by atoms with Crippen LogP contribution in [0.5, 0.6) is 11.5 Å². The van der Waals surface area contributed by atoms with E-state index in [9.17, 15) is 9.18 Å². The Balaban J connectivity index is 3.22. The Morgan fingerprint density at radius 2 is 2.06 bits per heavy atom. The predicted octanol–water partition coefficient (Wildman–Crippen LogP) is 1.76.